The van der Waals surface area contributed by atoms with Crippen molar-refractivity contribution < 1.29 is 0 Å². The minimum atomic E-state index is 0.614. The number of aromatic nitrogens is 3. The van der Waals surface area contributed by atoms with Gasteiger partial charge >= 0.3 is 0 Å². The summed E-state index contributed by atoms with van der Waals surface area (Å²) in [4.78, 5) is 15.2. The first-order chi connectivity index (χ1) is 24.8. The highest BCUT2D eigenvalue weighted by Gasteiger charge is 2.17. The molecule has 0 aliphatic carbocycles. The summed E-state index contributed by atoms with van der Waals surface area (Å²) < 4.78 is 0. The topological polar surface area (TPSA) is 38.7 Å². The van der Waals surface area contributed by atoms with Gasteiger partial charge in [0.1, 0.15) is 5.69 Å². The first-order valence-electron chi connectivity index (χ1n) is 16.9. The third kappa shape index (κ3) is 4.56. The van der Waals surface area contributed by atoms with Crippen LogP contribution in [0.4, 0.5) is 0 Å². The molecule has 0 atom stereocenters. The van der Waals surface area contributed by atoms with Gasteiger partial charge in [-0.25, -0.2) is 9.97 Å². The number of pyridine rings is 1. The highest BCUT2D eigenvalue weighted by Crippen LogP contribution is 2.41. The smallest absolute Gasteiger partial charge is 0.179 e. The summed E-state index contributed by atoms with van der Waals surface area (Å²) in [6.07, 6.45) is 1.96. The fourth-order valence-corrected chi connectivity index (χ4v) is 7.54. The Hall–Kier alpha value is -6.71. The van der Waals surface area contributed by atoms with Gasteiger partial charge in [-0.15, -0.1) is 0 Å². The average Bonchev–Trinajstić information content (AvgIpc) is 3.20. The third-order valence-corrected chi connectivity index (χ3v) is 9.92. The van der Waals surface area contributed by atoms with Crippen molar-refractivity contribution >= 4 is 54.0 Å². The van der Waals surface area contributed by atoms with Gasteiger partial charge in [-0.1, -0.05) is 152 Å². The molecule has 0 N–H and O–H groups in total. The van der Waals surface area contributed by atoms with Crippen LogP contribution in [-0.4, -0.2) is 15.0 Å². The first-order valence-corrected chi connectivity index (χ1v) is 16.9. The Balaban J connectivity index is 1.11. The van der Waals surface area contributed by atoms with Crippen LogP contribution >= 0.6 is 0 Å². The van der Waals surface area contributed by atoms with Crippen LogP contribution in [0, 0.1) is 0 Å². The van der Waals surface area contributed by atoms with Gasteiger partial charge in [0.15, 0.2) is 5.82 Å². The molecule has 3 heteroatoms. The number of fused-ring (bicyclic) bond motifs is 7. The van der Waals surface area contributed by atoms with Gasteiger partial charge < -0.3 is 0 Å². The molecule has 2 heterocycles. The molecular formula is C47H29N3. The summed E-state index contributed by atoms with van der Waals surface area (Å²) >= 11 is 0. The maximum Gasteiger partial charge on any atom is 0.179 e. The maximum absolute atomic E-state index is 5.13. The normalized spacial score (nSPS) is 11.6. The van der Waals surface area contributed by atoms with Crippen molar-refractivity contribution in [3.63, 3.8) is 0 Å². The summed E-state index contributed by atoms with van der Waals surface area (Å²) in [7, 11) is 0. The van der Waals surface area contributed by atoms with Crippen LogP contribution in [0.2, 0.25) is 0 Å². The van der Waals surface area contributed by atoms with E-state index < -0.39 is 0 Å². The van der Waals surface area contributed by atoms with Crippen LogP contribution in [0.3, 0.4) is 0 Å². The van der Waals surface area contributed by atoms with Gasteiger partial charge in [0.05, 0.1) is 11.2 Å². The van der Waals surface area contributed by atoms with Gasteiger partial charge in [0.25, 0.3) is 0 Å². The van der Waals surface area contributed by atoms with Crippen molar-refractivity contribution in [1.29, 1.82) is 0 Å². The maximum atomic E-state index is 5.13. The van der Waals surface area contributed by atoms with Crippen molar-refractivity contribution in [3.8, 4) is 45.0 Å². The summed E-state index contributed by atoms with van der Waals surface area (Å²) in [5.74, 6) is 0.614. The number of benzene rings is 8. The van der Waals surface area contributed by atoms with E-state index in [1.54, 1.807) is 0 Å². The molecule has 232 valence electrons. The van der Waals surface area contributed by atoms with Crippen molar-refractivity contribution in [2.45, 2.75) is 0 Å². The van der Waals surface area contributed by atoms with Crippen LogP contribution in [0.5, 0.6) is 0 Å². The Morgan fingerprint density at radius 1 is 0.340 bits per heavy atom. The summed E-state index contributed by atoms with van der Waals surface area (Å²) in [6, 6.07) is 60.2. The Kier molecular flexibility index (Phi) is 6.49. The zero-order valence-corrected chi connectivity index (χ0v) is 27.1. The predicted octanol–water partition coefficient (Wildman–Crippen LogP) is 12.3. The van der Waals surface area contributed by atoms with Crippen molar-refractivity contribution in [1.82, 2.24) is 15.0 Å². The molecule has 2 aromatic heterocycles. The lowest BCUT2D eigenvalue weighted by Gasteiger charge is -2.15. The van der Waals surface area contributed by atoms with E-state index in [-0.39, 0.29) is 0 Å². The predicted molar refractivity (Wildman–Crippen MR) is 209 cm³/mol. The van der Waals surface area contributed by atoms with Gasteiger partial charge in [0.2, 0.25) is 0 Å². The van der Waals surface area contributed by atoms with Crippen molar-refractivity contribution in [3.05, 3.63) is 176 Å². The van der Waals surface area contributed by atoms with E-state index in [9.17, 15) is 0 Å². The van der Waals surface area contributed by atoms with Crippen molar-refractivity contribution in [2.75, 3.05) is 0 Å². The minimum Gasteiger partial charge on any atom is -0.252 e. The fraction of sp³-hybridized carbons (Fsp3) is 0. The summed E-state index contributed by atoms with van der Waals surface area (Å²) in [5, 5.41) is 10.7. The average molecular weight is 636 g/mol. The highest BCUT2D eigenvalue weighted by molar-refractivity contribution is 6.17. The Morgan fingerprint density at radius 3 is 1.72 bits per heavy atom. The number of nitrogens with zero attached hydrogens (tertiary/aromatic N) is 3. The first kappa shape index (κ1) is 28.3. The van der Waals surface area contributed by atoms with Gasteiger partial charge in [-0.2, -0.15) is 0 Å². The minimum absolute atomic E-state index is 0.614. The van der Waals surface area contributed by atoms with E-state index in [2.05, 4.69) is 164 Å². The lowest BCUT2D eigenvalue weighted by atomic mass is 9.88. The Bertz CT molecular complexity index is 2910. The van der Waals surface area contributed by atoms with E-state index in [0.717, 1.165) is 49.8 Å². The lowest BCUT2D eigenvalue weighted by molar-refractivity contribution is 1.18. The Morgan fingerprint density at radius 2 is 0.960 bits per heavy atom. The molecule has 0 unspecified atom stereocenters. The molecule has 8 aromatic carbocycles. The molecule has 0 bridgehead atoms. The molecule has 10 rings (SSSR count). The van der Waals surface area contributed by atoms with Crippen LogP contribution in [0.1, 0.15) is 0 Å². The summed E-state index contributed by atoms with van der Waals surface area (Å²) in [6.45, 7) is 0. The van der Waals surface area contributed by atoms with E-state index in [0.29, 0.717) is 5.82 Å². The summed E-state index contributed by atoms with van der Waals surface area (Å²) in [5.41, 5.74) is 8.29. The van der Waals surface area contributed by atoms with Crippen LogP contribution in [0.15, 0.2) is 176 Å². The van der Waals surface area contributed by atoms with Crippen LogP contribution < -0.4 is 0 Å². The van der Waals surface area contributed by atoms with Gasteiger partial charge in [0, 0.05) is 28.1 Å². The monoisotopic (exact) mass is 635 g/mol. The molecule has 0 fully saturated rings. The third-order valence-electron chi connectivity index (χ3n) is 9.92. The lowest BCUT2D eigenvalue weighted by Crippen LogP contribution is -1.97. The quantitative estimate of drug-likeness (QED) is 0.181. The molecule has 0 saturated carbocycles. The molecule has 0 saturated heterocycles. The van der Waals surface area contributed by atoms with E-state index in [1.165, 1.54) is 43.4 Å². The second-order valence-corrected chi connectivity index (χ2v) is 12.8. The SMILES string of the molecule is c1ccc(-c2nc(-c3ccc(-c4ccc(-c5cc6ccccc6c6ccccc56)c5ccccc45)cn3)nc3c2ccc2ccccc23)cc1. The number of hydrogen-bond acceptors (Lipinski definition) is 3. The number of rotatable bonds is 4. The molecule has 50 heavy (non-hydrogen) atoms. The molecule has 0 spiro atoms. The molecule has 0 amide bonds. The molecule has 0 aliphatic heterocycles. The second-order valence-electron chi connectivity index (χ2n) is 12.8. The standard InChI is InChI=1S/C47H29N3/c1-2-13-31(14-3-1)45-42-24-22-30-12-4-7-17-36(30)46(42)50-47(49-45)44-27-23-33(29-48-44)35-25-26-41(39-20-10-8-19-38(35)39)43-28-32-15-5-6-16-34(32)37-18-9-11-21-40(37)43/h1-29H. The Labute approximate surface area is 289 Å². The number of hydrogen-bond donors (Lipinski definition) is 0. The highest BCUT2D eigenvalue weighted by atomic mass is 14.9. The van der Waals surface area contributed by atoms with E-state index in [4.69, 9.17) is 15.0 Å². The van der Waals surface area contributed by atoms with E-state index in [1.807, 2.05) is 12.3 Å². The van der Waals surface area contributed by atoms with Crippen LogP contribution in [-0.2, 0) is 0 Å². The molecule has 0 radical (unpaired) electrons. The molecule has 0 aliphatic rings. The van der Waals surface area contributed by atoms with E-state index >= 15 is 0 Å². The second kappa shape index (κ2) is 11.5. The van der Waals surface area contributed by atoms with Gasteiger partial charge in [-0.3, -0.25) is 4.98 Å². The molecular weight excluding hydrogens is 607 g/mol. The molecule has 10 aromatic rings. The zero-order valence-electron chi connectivity index (χ0n) is 27.1. The fourth-order valence-electron chi connectivity index (χ4n) is 7.54. The largest absolute Gasteiger partial charge is 0.252 e. The van der Waals surface area contributed by atoms with Gasteiger partial charge in [-0.05, 0) is 72.6 Å². The van der Waals surface area contributed by atoms with Crippen molar-refractivity contribution in [2.24, 2.45) is 0 Å². The van der Waals surface area contributed by atoms with Crippen LogP contribution in [0.25, 0.3) is 99.0 Å². The zero-order chi connectivity index (χ0) is 33.0. The molecule has 3 nitrogen and oxygen atoms in total.